The molecule has 0 fully saturated rings. The molecule has 1 rings (SSSR count). The van der Waals surface area contributed by atoms with Crippen LogP contribution in [0.3, 0.4) is 0 Å². The first-order valence-corrected chi connectivity index (χ1v) is 4.75. The molecule has 0 amide bonds. The van der Waals surface area contributed by atoms with Crippen molar-refractivity contribution >= 4 is 12.6 Å². The molecule has 4 heteroatoms. The van der Waals surface area contributed by atoms with E-state index >= 15 is 0 Å². The molecule has 0 bridgehead atoms. The van der Waals surface area contributed by atoms with Crippen LogP contribution in [0.15, 0.2) is 30.6 Å². The second kappa shape index (κ2) is 8.42. The van der Waals surface area contributed by atoms with Gasteiger partial charge in [-0.25, -0.2) is 5.26 Å². The summed E-state index contributed by atoms with van der Waals surface area (Å²) in [5, 5.41) is 8.47. The Hall–Kier alpha value is -1.18. The van der Waals surface area contributed by atoms with E-state index in [1.54, 1.807) is 0 Å². The van der Waals surface area contributed by atoms with Crippen molar-refractivity contribution in [3.63, 3.8) is 0 Å². The predicted molar refractivity (Wildman–Crippen MR) is 56.0 cm³/mol. The van der Waals surface area contributed by atoms with Crippen LogP contribution in [-0.2, 0) is 17.4 Å². The van der Waals surface area contributed by atoms with E-state index in [1.807, 2.05) is 49.0 Å². The summed E-state index contributed by atoms with van der Waals surface area (Å²) in [7, 11) is 0. The first-order valence-electron chi connectivity index (χ1n) is 4.34. The second-order valence-electron chi connectivity index (χ2n) is 2.47. The first kappa shape index (κ1) is 12.8. The molecule has 1 atom stereocenters. The Morgan fingerprint density at radius 1 is 1.43 bits per heavy atom. The number of nitriles is 1. The Labute approximate surface area is 90.4 Å². The van der Waals surface area contributed by atoms with Crippen molar-refractivity contribution in [1.82, 2.24) is 0 Å². The van der Waals surface area contributed by atoms with Gasteiger partial charge in [-0.05, 0) is 6.92 Å². The van der Waals surface area contributed by atoms with Crippen LogP contribution in [0.1, 0.15) is 20.1 Å². The number of hydrogen-bond acceptors (Lipinski definition) is 3. The zero-order chi connectivity index (χ0) is 10.8. The van der Waals surface area contributed by atoms with Crippen LogP contribution in [0.2, 0.25) is 0 Å². The van der Waals surface area contributed by atoms with Crippen LogP contribution in [0.25, 0.3) is 0 Å². The second-order valence-corrected chi connectivity index (χ2v) is 2.65. The Bertz CT molecular complexity index is 271. The highest BCUT2D eigenvalue weighted by molar-refractivity contribution is 7.64. The van der Waals surface area contributed by atoms with Crippen LogP contribution in [0, 0.1) is 10.7 Å². The SMILES string of the molecule is CCOC(C)[n+]1ccccc1.N#C[S-]. The lowest BCUT2D eigenvalue weighted by atomic mass is 10.4. The zero-order valence-corrected chi connectivity index (χ0v) is 9.20. The lowest BCUT2D eigenvalue weighted by Gasteiger charge is -2.04. The molecule has 1 aromatic heterocycles. The van der Waals surface area contributed by atoms with E-state index in [2.05, 4.69) is 12.6 Å². The third kappa shape index (κ3) is 5.46. The van der Waals surface area contributed by atoms with Gasteiger partial charge in [0, 0.05) is 19.1 Å². The Morgan fingerprint density at radius 3 is 2.36 bits per heavy atom. The monoisotopic (exact) mass is 210 g/mol. The van der Waals surface area contributed by atoms with E-state index in [4.69, 9.17) is 10.00 Å². The van der Waals surface area contributed by atoms with E-state index in [1.165, 1.54) is 5.40 Å². The fraction of sp³-hybridized carbons (Fsp3) is 0.400. The molecule has 0 N–H and O–H groups in total. The molecule has 0 saturated heterocycles. The molecule has 76 valence electrons. The summed E-state index contributed by atoms with van der Waals surface area (Å²) in [6.45, 7) is 4.78. The molecular formula is C10H14N2OS. The quantitative estimate of drug-likeness (QED) is 0.431. The summed E-state index contributed by atoms with van der Waals surface area (Å²) >= 11 is 3.70. The van der Waals surface area contributed by atoms with Gasteiger partial charge in [-0.15, -0.1) is 0 Å². The minimum absolute atomic E-state index is 0.140. The molecule has 1 aromatic rings. The van der Waals surface area contributed by atoms with Gasteiger partial charge in [0.05, 0.1) is 6.61 Å². The van der Waals surface area contributed by atoms with Crippen LogP contribution in [-0.4, -0.2) is 6.61 Å². The average Bonchev–Trinajstić information content (AvgIpc) is 2.21. The molecule has 1 unspecified atom stereocenters. The third-order valence-electron chi connectivity index (χ3n) is 1.57. The van der Waals surface area contributed by atoms with Gasteiger partial charge < -0.3 is 17.4 Å². The fourth-order valence-electron chi connectivity index (χ4n) is 0.982. The summed E-state index contributed by atoms with van der Waals surface area (Å²) < 4.78 is 7.42. The molecule has 14 heavy (non-hydrogen) atoms. The fourth-order valence-corrected chi connectivity index (χ4v) is 0.982. The van der Waals surface area contributed by atoms with Crippen molar-refractivity contribution in [2.24, 2.45) is 0 Å². The zero-order valence-electron chi connectivity index (χ0n) is 8.38. The van der Waals surface area contributed by atoms with Gasteiger partial charge >= 0.3 is 0 Å². The van der Waals surface area contributed by atoms with Crippen LogP contribution in [0.4, 0.5) is 0 Å². The standard InChI is InChI=1S/C9H14NO.CHNS/c1-3-11-9(2)10-7-5-4-6-8-10;2-1-3/h4-9H,3H2,1-2H3;3H/q+1;/p-1. The first-order chi connectivity index (χ1) is 6.76. The lowest BCUT2D eigenvalue weighted by molar-refractivity contribution is -0.758. The van der Waals surface area contributed by atoms with Crippen molar-refractivity contribution in [2.45, 2.75) is 20.1 Å². The van der Waals surface area contributed by atoms with Gasteiger partial charge in [0.2, 0.25) is 0 Å². The number of nitrogens with zero attached hydrogens (tertiary/aromatic N) is 2. The number of rotatable bonds is 3. The summed E-state index contributed by atoms with van der Waals surface area (Å²) in [6.07, 6.45) is 4.14. The van der Waals surface area contributed by atoms with Crippen LogP contribution < -0.4 is 4.57 Å². The van der Waals surface area contributed by atoms with Crippen molar-refractivity contribution in [1.29, 1.82) is 5.26 Å². The molecule has 0 aliphatic carbocycles. The Balaban J connectivity index is 0.000000500. The molecule has 0 radical (unpaired) electrons. The van der Waals surface area contributed by atoms with Gasteiger partial charge in [0.15, 0.2) is 12.4 Å². The maximum Gasteiger partial charge on any atom is 0.259 e. The van der Waals surface area contributed by atoms with E-state index in [0.717, 1.165) is 6.61 Å². The topological polar surface area (TPSA) is 36.9 Å². The summed E-state index contributed by atoms with van der Waals surface area (Å²) in [5.74, 6) is 0. The van der Waals surface area contributed by atoms with Crippen molar-refractivity contribution < 1.29 is 9.30 Å². The van der Waals surface area contributed by atoms with Gasteiger partial charge in [-0.1, -0.05) is 11.5 Å². The van der Waals surface area contributed by atoms with Crippen molar-refractivity contribution in [2.75, 3.05) is 6.61 Å². The van der Waals surface area contributed by atoms with Gasteiger partial charge in [0.1, 0.15) is 0 Å². The molecule has 0 saturated carbocycles. The number of hydrogen-bond donors (Lipinski definition) is 0. The van der Waals surface area contributed by atoms with E-state index < -0.39 is 0 Å². The van der Waals surface area contributed by atoms with E-state index in [9.17, 15) is 0 Å². The normalized spacial score (nSPS) is 10.6. The van der Waals surface area contributed by atoms with Crippen molar-refractivity contribution in [3.8, 4) is 5.40 Å². The maximum absolute atomic E-state index is 7.13. The number of thiocyanates is 1. The molecular weight excluding hydrogens is 196 g/mol. The average molecular weight is 210 g/mol. The highest BCUT2D eigenvalue weighted by Crippen LogP contribution is 1.94. The maximum atomic E-state index is 7.13. The van der Waals surface area contributed by atoms with Crippen LogP contribution >= 0.6 is 0 Å². The lowest BCUT2D eigenvalue weighted by Crippen LogP contribution is -2.38. The summed E-state index contributed by atoms with van der Waals surface area (Å²) in [6, 6.07) is 5.99. The predicted octanol–water partition coefficient (Wildman–Crippen LogP) is 1.54. The largest absolute Gasteiger partial charge is 0.696 e. The number of pyridine rings is 1. The third-order valence-corrected chi connectivity index (χ3v) is 1.57. The highest BCUT2D eigenvalue weighted by Gasteiger charge is 2.08. The minimum Gasteiger partial charge on any atom is -0.696 e. The molecule has 0 aromatic carbocycles. The summed E-state index contributed by atoms with van der Waals surface area (Å²) in [5.41, 5.74) is 0. The van der Waals surface area contributed by atoms with Crippen molar-refractivity contribution in [3.05, 3.63) is 30.6 Å². The van der Waals surface area contributed by atoms with Gasteiger partial charge in [-0.2, -0.15) is 4.57 Å². The van der Waals surface area contributed by atoms with E-state index in [0.29, 0.717) is 0 Å². The smallest absolute Gasteiger partial charge is 0.259 e. The van der Waals surface area contributed by atoms with Gasteiger partial charge in [-0.3, -0.25) is 0 Å². The number of ether oxygens (including phenoxy) is 1. The molecule has 3 nitrogen and oxygen atoms in total. The number of aromatic nitrogens is 1. The van der Waals surface area contributed by atoms with Crippen LogP contribution in [0.5, 0.6) is 0 Å². The molecule has 0 aliphatic rings. The van der Waals surface area contributed by atoms with Gasteiger partial charge in [0.25, 0.3) is 6.23 Å². The molecule has 0 spiro atoms. The Morgan fingerprint density at radius 2 is 1.93 bits per heavy atom. The molecule has 0 aliphatic heterocycles. The summed E-state index contributed by atoms with van der Waals surface area (Å²) in [4.78, 5) is 0. The van der Waals surface area contributed by atoms with E-state index in [-0.39, 0.29) is 6.23 Å². The molecule has 1 heterocycles. The Kier molecular flexibility index (Phi) is 7.71. The minimum atomic E-state index is 0.140. The highest BCUT2D eigenvalue weighted by atomic mass is 32.1.